The van der Waals surface area contributed by atoms with Crippen LogP contribution in [0.1, 0.15) is 115 Å². The Hall–Kier alpha value is -2.38. The molecule has 0 saturated carbocycles. The minimum atomic E-state index is -0.796. The zero-order valence-electron chi connectivity index (χ0n) is 23.8. The quantitative estimate of drug-likeness (QED) is 0.180. The lowest BCUT2D eigenvalue weighted by Crippen LogP contribution is -2.27. The first-order valence-electron chi connectivity index (χ1n) is 14.7. The molecule has 0 spiro atoms. The molecule has 1 aliphatic rings. The van der Waals surface area contributed by atoms with Crippen molar-refractivity contribution in [3.8, 4) is 0 Å². The molecule has 2 aromatic rings. The first-order chi connectivity index (χ1) is 17.9. The molecule has 37 heavy (non-hydrogen) atoms. The smallest absolute Gasteiger partial charge is 0.0944 e. The van der Waals surface area contributed by atoms with Crippen LogP contribution in [0.15, 0.2) is 85.0 Å². The molecule has 1 N–H and O–H groups in total. The minimum absolute atomic E-state index is 0.00588. The van der Waals surface area contributed by atoms with Crippen LogP contribution in [0.4, 0.5) is 0 Å². The monoisotopic (exact) mass is 498 g/mol. The Morgan fingerprint density at radius 1 is 0.865 bits per heavy atom. The molecule has 3 rings (SSSR count). The molecule has 0 aliphatic heterocycles. The van der Waals surface area contributed by atoms with Gasteiger partial charge >= 0.3 is 0 Å². The van der Waals surface area contributed by atoms with Gasteiger partial charge in [-0.1, -0.05) is 124 Å². The highest BCUT2D eigenvalue weighted by Crippen LogP contribution is 2.55. The number of hydrogen-bond acceptors (Lipinski definition) is 1. The van der Waals surface area contributed by atoms with E-state index in [4.69, 9.17) is 0 Å². The lowest BCUT2D eigenvalue weighted by atomic mass is 9.76. The van der Waals surface area contributed by atoms with Crippen molar-refractivity contribution >= 4 is 10.8 Å². The van der Waals surface area contributed by atoms with Crippen molar-refractivity contribution in [3.63, 3.8) is 0 Å². The SMILES string of the molecule is C=C(C)CC1(O)C[C@@](C)(CCCCCCCC/C=C\C/C=C\C/C=C\CC)c2c1ccc1ccccc21. The lowest BCUT2D eigenvalue weighted by molar-refractivity contribution is 0.0227. The first-order valence-corrected chi connectivity index (χ1v) is 14.7. The molecule has 0 saturated heterocycles. The van der Waals surface area contributed by atoms with Crippen LogP contribution < -0.4 is 0 Å². The van der Waals surface area contributed by atoms with Gasteiger partial charge in [0.25, 0.3) is 0 Å². The number of allylic oxidation sites excluding steroid dienone is 6. The van der Waals surface area contributed by atoms with Crippen LogP contribution >= 0.6 is 0 Å². The molecular formula is C36H50O. The summed E-state index contributed by atoms with van der Waals surface area (Å²) in [7, 11) is 0. The summed E-state index contributed by atoms with van der Waals surface area (Å²) in [5.74, 6) is 0. The van der Waals surface area contributed by atoms with Crippen molar-refractivity contribution < 1.29 is 5.11 Å². The molecule has 2 aromatic carbocycles. The summed E-state index contributed by atoms with van der Waals surface area (Å²) in [6.45, 7) is 10.7. The van der Waals surface area contributed by atoms with Gasteiger partial charge in [-0.3, -0.25) is 0 Å². The van der Waals surface area contributed by atoms with Gasteiger partial charge in [0.2, 0.25) is 0 Å². The van der Waals surface area contributed by atoms with Crippen LogP contribution in [0.2, 0.25) is 0 Å². The molecule has 0 heterocycles. The first kappa shape index (κ1) is 29.2. The molecule has 1 unspecified atom stereocenters. The topological polar surface area (TPSA) is 20.2 Å². The third-order valence-electron chi connectivity index (χ3n) is 7.94. The lowest BCUT2D eigenvalue weighted by Gasteiger charge is -2.29. The van der Waals surface area contributed by atoms with E-state index >= 15 is 0 Å². The molecule has 0 bridgehead atoms. The van der Waals surface area contributed by atoms with Gasteiger partial charge in [0.05, 0.1) is 5.60 Å². The molecule has 2 atom stereocenters. The molecule has 0 amide bonds. The molecule has 0 fully saturated rings. The molecule has 0 radical (unpaired) electrons. The van der Waals surface area contributed by atoms with E-state index < -0.39 is 5.60 Å². The zero-order chi connectivity index (χ0) is 26.6. The Morgan fingerprint density at radius 3 is 2.24 bits per heavy atom. The van der Waals surface area contributed by atoms with Gasteiger partial charge in [0.1, 0.15) is 0 Å². The van der Waals surface area contributed by atoms with Crippen molar-refractivity contribution in [1.82, 2.24) is 0 Å². The Kier molecular flexibility index (Phi) is 11.5. The average Bonchev–Trinajstić information content (AvgIpc) is 3.09. The second kappa shape index (κ2) is 14.5. The fraction of sp³-hybridized carbons (Fsp3) is 0.500. The van der Waals surface area contributed by atoms with Crippen LogP contribution in [-0.2, 0) is 11.0 Å². The maximum absolute atomic E-state index is 11.8. The average molecular weight is 499 g/mol. The highest BCUT2D eigenvalue weighted by molar-refractivity contribution is 5.89. The second-order valence-electron chi connectivity index (χ2n) is 11.6. The molecule has 0 aromatic heterocycles. The Morgan fingerprint density at radius 2 is 1.51 bits per heavy atom. The van der Waals surface area contributed by atoms with E-state index in [0.29, 0.717) is 6.42 Å². The van der Waals surface area contributed by atoms with E-state index in [2.05, 4.69) is 93.3 Å². The van der Waals surface area contributed by atoms with Crippen LogP contribution in [0.3, 0.4) is 0 Å². The van der Waals surface area contributed by atoms with Crippen molar-refractivity contribution in [2.75, 3.05) is 0 Å². The fourth-order valence-corrected chi connectivity index (χ4v) is 6.32. The van der Waals surface area contributed by atoms with Crippen LogP contribution in [0.5, 0.6) is 0 Å². The largest absolute Gasteiger partial charge is 0.385 e. The minimum Gasteiger partial charge on any atom is -0.385 e. The van der Waals surface area contributed by atoms with Gasteiger partial charge in [-0.05, 0) is 79.2 Å². The maximum atomic E-state index is 11.8. The van der Waals surface area contributed by atoms with Crippen molar-refractivity contribution in [3.05, 3.63) is 96.1 Å². The summed E-state index contributed by atoms with van der Waals surface area (Å²) in [6, 6.07) is 13.1. The summed E-state index contributed by atoms with van der Waals surface area (Å²) in [4.78, 5) is 0. The van der Waals surface area contributed by atoms with Gasteiger partial charge < -0.3 is 5.11 Å². The second-order valence-corrected chi connectivity index (χ2v) is 11.6. The standard InChI is InChI=1S/C36H50O/c1-5-6-7-8-9-10-11-12-13-14-15-16-17-18-19-22-27-35(4)29-36(37,28-30(2)3)33-26-25-31-23-20-21-24-32(31)34(33)35/h6-7,9-10,12-13,20-21,23-26,37H,2,5,8,11,14-19,22,27-29H2,1,3-4H3/b7-6-,10-9-,13-12-/t35-,36?/m1/s1. The van der Waals surface area contributed by atoms with Crippen molar-refractivity contribution in [2.45, 2.75) is 115 Å². The Balaban J connectivity index is 1.43. The number of hydrogen-bond donors (Lipinski definition) is 1. The van der Waals surface area contributed by atoms with Gasteiger partial charge in [0.15, 0.2) is 0 Å². The Bertz CT molecular complexity index is 1090. The van der Waals surface area contributed by atoms with E-state index in [1.54, 1.807) is 0 Å². The summed E-state index contributed by atoms with van der Waals surface area (Å²) in [5, 5.41) is 14.4. The van der Waals surface area contributed by atoms with E-state index in [0.717, 1.165) is 43.2 Å². The summed E-state index contributed by atoms with van der Waals surface area (Å²) in [5.41, 5.74) is 2.78. The molecule has 200 valence electrons. The number of unbranched alkanes of at least 4 members (excludes halogenated alkanes) is 6. The van der Waals surface area contributed by atoms with Gasteiger partial charge in [0, 0.05) is 6.42 Å². The third kappa shape index (κ3) is 8.30. The third-order valence-corrected chi connectivity index (χ3v) is 7.94. The summed E-state index contributed by atoms with van der Waals surface area (Å²) >= 11 is 0. The van der Waals surface area contributed by atoms with Crippen LogP contribution in [0.25, 0.3) is 10.8 Å². The highest BCUT2D eigenvalue weighted by Gasteiger charge is 2.49. The van der Waals surface area contributed by atoms with E-state index in [1.807, 2.05) is 6.92 Å². The van der Waals surface area contributed by atoms with E-state index in [9.17, 15) is 5.11 Å². The predicted molar refractivity (Wildman–Crippen MR) is 163 cm³/mol. The molecule has 1 heteroatoms. The highest BCUT2D eigenvalue weighted by atomic mass is 16.3. The summed E-state index contributed by atoms with van der Waals surface area (Å²) < 4.78 is 0. The normalized spacial score (nSPS) is 21.6. The molecule has 1 aliphatic carbocycles. The number of benzene rings is 2. The zero-order valence-corrected chi connectivity index (χ0v) is 23.8. The van der Waals surface area contributed by atoms with E-state index in [-0.39, 0.29) is 5.41 Å². The van der Waals surface area contributed by atoms with Crippen molar-refractivity contribution in [2.24, 2.45) is 0 Å². The van der Waals surface area contributed by atoms with Crippen LogP contribution in [0, 0.1) is 0 Å². The van der Waals surface area contributed by atoms with E-state index in [1.165, 1.54) is 61.3 Å². The maximum Gasteiger partial charge on any atom is 0.0944 e. The van der Waals surface area contributed by atoms with Gasteiger partial charge in [-0.2, -0.15) is 0 Å². The Labute approximate surface area is 227 Å². The number of fused-ring (bicyclic) bond motifs is 3. The van der Waals surface area contributed by atoms with Crippen molar-refractivity contribution in [1.29, 1.82) is 0 Å². The number of aliphatic hydroxyl groups is 1. The van der Waals surface area contributed by atoms with Crippen LogP contribution in [-0.4, -0.2) is 5.11 Å². The fourth-order valence-electron chi connectivity index (χ4n) is 6.32. The number of rotatable bonds is 16. The molecule has 1 nitrogen and oxygen atoms in total. The van der Waals surface area contributed by atoms with Gasteiger partial charge in [-0.25, -0.2) is 0 Å². The van der Waals surface area contributed by atoms with Gasteiger partial charge in [-0.15, -0.1) is 6.58 Å². The predicted octanol–water partition coefficient (Wildman–Crippen LogP) is 10.6. The molecular weight excluding hydrogens is 448 g/mol. The summed E-state index contributed by atoms with van der Waals surface area (Å²) in [6.07, 6.45) is 28.4.